The molecular formula is C22H17BrN6O3S. The lowest BCUT2D eigenvalue weighted by molar-refractivity contribution is 0.0693. The van der Waals surface area contributed by atoms with Crippen LogP contribution in [-0.4, -0.2) is 50.0 Å². The summed E-state index contributed by atoms with van der Waals surface area (Å²) < 4.78 is 5.48. The number of nitrogens with zero attached hydrogens (tertiary/aromatic N) is 6. The Morgan fingerprint density at radius 3 is 2.48 bits per heavy atom. The molecular weight excluding hydrogens is 508 g/mol. The Bertz CT molecular complexity index is 1360. The topological polar surface area (TPSA) is 111 Å². The van der Waals surface area contributed by atoms with Crippen molar-refractivity contribution < 1.29 is 14.3 Å². The number of thiazole rings is 1. The number of anilines is 1. The fraction of sp³-hybridized carbons (Fsp3) is 0.182. The Labute approximate surface area is 202 Å². The molecule has 1 aliphatic rings. The van der Waals surface area contributed by atoms with Crippen LogP contribution in [0.25, 0.3) is 11.3 Å². The van der Waals surface area contributed by atoms with Crippen LogP contribution in [0.5, 0.6) is 5.75 Å². The molecule has 0 radical (unpaired) electrons. The molecule has 1 aromatic heterocycles. The number of ether oxygens (including phenoxy) is 1. The highest BCUT2D eigenvalue weighted by atomic mass is 79.9. The fourth-order valence-electron chi connectivity index (χ4n) is 3.23. The highest BCUT2D eigenvalue weighted by Crippen LogP contribution is 2.43. The summed E-state index contributed by atoms with van der Waals surface area (Å²) in [4.78, 5) is 32.4. The molecule has 0 saturated heterocycles. The summed E-state index contributed by atoms with van der Waals surface area (Å²) in [5.74, 6) is -0.208. The van der Waals surface area contributed by atoms with Crippen molar-refractivity contribution in [1.82, 2.24) is 9.88 Å². The van der Waals surface area contributed by atoms with E-state index in [1.165, 1.54) is 24.5 Å². The van der Waals surface area contributed by atoms with Crippen molar-refractivity contribution in [2.75, 3.05) is 33.2 Å². The quantitative estimate of drug-likeness (QED) is 0.336. The average molecular weight is 525 g/mol. The molecule has 166 valence electrons. The Morgan fingerprint density at radius 1 is 1.18 bits per heavy atom. The third-order valence-corrected chi connectivity index (χ3v) is 6.88. The van der Waals surface area contributed by atoms with Crippen molar-refractivity contribution >= 4 is 54.9 Å². The lowest BCUT2D eigenvalue weighted by Gasteiger charge is -2.05. The SMILES string of the molecule is COc1ccc(-c2nc(N(C)C)sc2/N=N/c2c(C#N)cc3c(c2Br)C(=O)N(C)C3=O)cc1. The molecule has 2 aromatic carbocycles. The van der Waals surface area contributed by atoms with Gasteiger partial charge >= 0.3 is 0 Å². The van der Waals surface area contributed by atoms with Gasteiger partial charge in [-0.15, -0.1) is 10.2 Å². The van der Waals surface area contributed by atoms with E-state index in [9.17, 15) is 14.9 Å². The van der Waals surface area contributed by atoms with E-state index in [0.717, 1.165) is 21.3 Å². The van der Waals surface area contributed by atoms with E-state index < -0.39 is 11.8 Å². The van der Waals surface area contributed by atoms with Crippen molar-refractivity contribution in [2.24, 2.45) is 10.2 Å². The van der Waals surface area contributed by atoms with E-state index in [-0.39, 0.29) is 26.9 Å². The zero-order chi connectivity index (χ0) is 23.9. The van der Waals surface area contributed by atoms with Gasteiger partial charge in [-0.05, 0) is 46.3 Å². The average Bonchev–Trinajstić information content (AvgIpc) is 3.34. The number of benzene rings is 2. The molecule has 0 unspecified atom stereocenters. The van der Waals surface area contributed by atoms with E-state index in [1.807, 2.05) is 49.3 Å². The summed E-state index contributed by atoms with van der Waals surface area (Å²) >= 11 is 4.70. The predicted molar refractivity (Wildman–Crippen MR) is 128 cm³/mol. The molecule has 0 fully saturated rings. The van der Waals surface area contributed by atoms with Crippen LogP contribution in [0.1, 0.15) is 26.3 Å². The van der Waals surface area contributed by atoms with Crippen LogP contribution >= 0.6 is 27.3 Å². The number of hydrogen-bond acceptors (Lipinski definition) is 9. The number of nitriles is 1. The highest BCUT2D eigenvalue weighted by molar-refractivity contribution is 9.10. The van der Waals surface area contributed by atoms with Crippen LogP contribution in [0.15, 0.2) is 45.0 Å². The van der Waals surface area contributed by atoms with E-state index >= 15 is 0 Å². The Morgan fingerprint density at radius 2 is 1.88 bits per heavy atom. The Balaban J connectivity index is 1.83. The molecule has 1 aliphatic heterocycles. The standard InChI is InChI=1S/C22H17BrN6O3S/c1-28(2)22-25-18(11-5-7-13(32-4)8-6-11)19(33-22)27-26-17-12(10-24)9-14-15(16(17)23)21(31)29(3)20(14)30/h5-9H,1-4H3/b27-26+. The molecule has 0 N–H and O–H groups in total. The smallest absolute Gasteiger partial charge is 0.262 e. The van der Waals surface area contributed by atoms with Crippen LogP contribution in [-0.2, 0) is 0 Å². The summed E-state index contributed by atoms with van der Waals surface area (Å²) in [6.45, 7) is 0. The number of fused-ring (bicyclic) bond motifs is 1. The number of rotatable bonds is 5. The molecule has 3 aromatic rings. The second kappa shape index (κ2) is 8.73. The van der Waals surface area contributed by atoms with Gasteiger partial charge in [0.15, 0.2) is 10.1 Å². The van der Waals surface area contributed by atoms with Gasteiger partial charge in [-0.2, -0.15) is 5.26 Å². The van der Waals surface area contributed by atoms with Crippen molar-refractivity contribution in [3.8, 4) is 23.1 Å². The normalized spacial score (nSPS) is 12.9. The van der Waals surface area contributed by atoms with E-state index in [1.54, 1.807) is 7.11 Å². The number of halogens is 1. The van der Waals surface area contributed by atoms with Crippen LogP contribution < -0.4 is 9.64 Å². The number of carbonyl (C=O) groups excluding carboxylic acids is 2. The molecule has 0 aliphatic carbocycles. The lowest BCUT2D eigenvalue weighted by atomic mass is 10.0. The summed E-state index contributed by atoms with van der Waals surface area (Å²) in [5.41, 5.74) is 2.08. The third-order valence-electron chi connectivity index (χ3n) is 5.00. The predicted octanol–water partition coefficient (Wildman–Crippen LogP) is 5.16. The van der Waals surface area contributed by atoms with Gasteiger partial charge in [0, 0.05) is 26.7 Å². The Hall–Kier alpha value is -3.62. The summed E-state index contributed by atoms with van der Waals surface area (Å²) in [7, 11) is 6.74. The second-order valence-corrected chi connectivity index (χ2v) is 9.01. The molecule has 11 heteroatoms. The summed E-state index contributed by atoms with van der Waals surface area (Å²) in [5, 5.41) is 19.6. The number of methoxy groups -OCH3 is 1. The van der Waals surface area contributed by atoms with Gasteiger partial charge in [0.1, 0.15) is 23.2 Å². The maximum Gasteiger partial charge on any atom is 0.262 e. The van der Waals surface area contributed by atoms with Crippen LogP contribution in [0.2, 0.25) is 0 Å². The first-order valence-electron chi connectivity index (χ1n) is 9.60. The van der Waals surface area contributed by atoms with Gasteiger partial charge in [-0.25, -0.2) is 4.98 Å². The van der Waals surface area contributed by atoms with E-state index in [0.29, 0.717) is 10.7 Å². The van der Waals surface area contributed by atoms with Crippen LogP contribution in [0.3, 0.4) is 0 Å². The number of hydrogen-bond donors (Lipinski definition) is 0. The van der Waals surface area contributed by atoms with Gasteiger partial charge in [-0.1, -0.05) is 11.3 Å². The zero-order valence-electron chi connectivity index (χ0n) is 18.1. The first-order chi connectivity index (χ1) is 15.8. The Kier molecular flexibility index (Phi) is 5.97. The first-order valence-corrected chi connectivity index (χ1v) is 11.2. The fourth-order valence-corrected chi connectivity index (χ4v) is 4.74. The lowest BCUT2D eigenvalue weighted by Crippen LogP contribution is -2.24. The summed E-state index contributed by atoms with van der Waals surface area (Å²) in [6.07, 6.45) is 0. The van der Waals surface area contributed by atoms with Crippen molar-refractivity contribution in [1.29, 1.82) is 5.26 Å². The van der Waals surface area contributed by atoms with Crippen LogP contribution in [0, 0.1) is 11.3 Å². The van der Waals surface area contributed by atoms with Gasteiger partial charge in [0.2, 0.25) is 0 Å². The number of amides is 2. The zero-order valence-corrected chi connectivity index (χ0v) is 20.5. The second-order valence-electron chi connectivity index (χ2n) is 7.26. The maximum atomic E-state index is 12.5. The summed E-state index contributed by atoms with van der Waals surface area (Å²) in [6, 6.07) is 10.8. The van der Waals surface area contributed by atoms with E-state index in [2.05, 4.69) is 31.1 Å². The van der Waals surface area contributed by atoms with Crippen LogP contribution in [0.4, 0.5) is 15.8 Å². The molecule has 33 heavy (non-hydrogen) atoms. The number of azo groups is 1. The van der Waals surface area contributed by atoms with Gasteiger partial charge < -0.3 is 9.64 Å². The monoisotopic (exact) mass is 524 g/mol. The molecule has 0 spiro atoms. The molecule has 2 amide bonds. The molecule has 0 saturated carbocycles. The molecule has 4 rings (SSSR count). The largest absolute Gasteiger partial charge is 0.497 e. The number of carbonyl (C=O) groups is 2. The van der Waals surface area contributed by atoms with E-state index in [4.69, 9.17) is 4.74 Å². The molecule has 0 bridgehead atoms. The molecule has 2 heterocycles. The van der Waals surface area contributed by atoms with Gasteiger partial charge in [-0.3, -0.25) is 14.5 Å². The molecule has 0 atom stereocenters. The first kappa shape index (κ1) is 22.6. The maximum absolute atomic E-state index is 12.5. The minimum atomic E-state index is -0.463. The van der Waals surface area contributed by atoms with Crippen molar-refractivity contribution in [2.45, 2.75) is 0 Å². The number of imide groups is 1. The van der Waals surface area contributed by atoms with Crippen molar-refractivity contribution in [3.63, 3.8) is 0 Å². The molecule has 9 nitrogen and oxygen atoms in total. The van der Waals surface area contributed by atoms with Crippen molar-refractivity contribution in [3.05, 3.63) is 51.5 Å². The third kappa shape index (κ3) is 3.88. The minimum absolute atomic E-state index is 0.129. The van der Waals surface area contributed by atoms with Gasteiger partial charge in [0.05, 0.1) is 28.3 Å². The van der Waals surface area contributed by atoms with Gasteiger partial charge in [0.25, 0.3) is 11.8 Å². The highest BCUT2D eigenvalue weighted by Gasteiger charge is 2.37. The number of aromatic nitrogens is 1. The minimum Gasteiger partial charge on any atom is -0.497 e.